The van der Waals surface area contributed by atoms with Gasteiger partial charge in [0.25, 0.3) is 5.56 Å². The fourth-order valence-electron chi connectivity index (χ4n) is 3.69. The molecular formula is C23H22ClFN4O2. The van der Waals surface area contributed by atoms with E-state index in [-0.39, 0.29) is 17.4 Å². The van der Waals surface area contributed by atoms with Crippen molar-refractivity contribution in [3.63, 3.8) is 0 Å². The third-order valence-electron chi connectivity index (χ3n) is 5.41. The van der Waals surface area contributed by atoms with Crippen LogP contribution in [-0.4, -0.2) is 28.8 Å². The number of hydrogen-bond donors (Lipinski definition) is 1. The SMILES string of the molecule is Cc1ccc(NC(=O)C2CCN(c3ccc(=O)n(-c4cccc(F)c4)n3)CC2)c(Cl)c1. The summed E-state index contributed by atoms with van der Waals surface area (Å²) in [5.74, 6) is -0.00718. The molecule has 1 saturated heterocycles. The minimum atomic E-state index is -0.433. The number of benzene rings is 2. The van der Waals surface area contributed by atoms with E-state index < -0.39 is 5.82 Å². The lowest BCUT2D eigenvalue weighted by molar-refractivity contribution is -0.120. The van der Waals surface area contributed by atoms with Gasteiger partial charge in [-0.3, -0.25) is 9.59 Å². The normalized spacial score (nSPS) is 14.5. The second-order valence-electron chi connectivity index (χ2n) is 7.66. The fraction of sp³-hybridized carbons (Fsp3) is 0.261. The Kier molecular flexibility index (Phi) is 6.04. The maximum atomic E-state index is 13.6. The number of carbonyl (C=O) groups excluding carboxylic acids is 1. The van der Waals surface area contributed by atoms with E-state index in [0.29, 0.717) is 48.1 Å². The highest BCUT2D eigenvalue weighted by molar-refractivity contribution is 6.33. The Hall–Kier alpha value is -3.19. The summed E-state index contributed by atoms with van der Waals surface area (Å²) in [5, 5.41) is 7.85. The summed E-state index contributed by atoms with van der Waals surface area (Å²) in [4.78, 5) is 26.9. The van der Waals surface area contributed by atoms with Crippen molar-refractivity contribution in [2.24, 2.45) is 5.92 Å². The number of rotatable bonds is 4. The van der Waals surface area contributed by atoms with Crippen LogP contribution in [0.5, 0.6) is 0 Å². The van der Waals surface area contributed by atoms with E-state index in [1.165, 1.54) is 28.9 Å². The molecule has 1 N–H and O–H groups in total. The van der Waals surface area contributed by atoms with Crippen LogP contribution in [0.2, 0.25) is 5.02 Å². The Morgan fingerprint density at radius 2 is 1.90 bits per heavy atom. The van der Waals surface area contributed by atoms with Crippen LogP contribution in [0.3, 0.4) is 0 Å². The smallest absolute Gasteiger partial charge is 0.271 e. The molecule has 0 spiro atoms. The van der Waals surface area contributed by atoms with Crippen molar-refractivity contribution < 1.29 is 9.18 Å². The second-order valence-corrected chi connectivity index (χ2v) is 8.06. The lowest BCUT2D eigenvalue weighted by Crippen LogP contribution is -2.39. The molecule has 8 heteroatoms. The first-order valence-corrected chi connectivity index (χ1v) is 10.5. The first kappa shape index (κ1) is 21.1. The summed E-state index contributed by atoms with van der Waals surface area (Å²) >= 11 is 6.22. The van der Waals surface area contributed by atoms with Crippen LogP contribution >= 0.6 is 11.6 Å². The average molecular weight is 441 g/mol. The molecule has 1 fully saturated rings. The van der Waals surface area contributed by atoms with Crippen molar-refractivity contribution >= 4 is 29.0 Å². The van der Waals surface area contributed by atoms with Crippen molar-refractivity contribution in [2.75, 3.05) is 23.3 Å². The molecule has 0 bridgehead atoms. The van der Waals surface area contributed by atoms with E-state index >= 15 is 0 Å². The van der Waals surface area contributed by atoms with E-state index in [0.717, 1.165) is 5.56 Å². The Labute approximate surface area is 184 Å². The zero-order chi connectivity index (χ0) is 22.0. The molecule has 31 heavy (non-hydrogen) atoms. The third kappa shape index (κ3) is 4.77. The predicted molar refractivity (Wildman–Crippen MR) is 120 cm³/mol. The minimum absolute atomic E-state index is 0.0527. The lowest BCUT2D eigenvalue weighted by atomic mass is 9.95. The third-order valence-corrected chi connectivity index (χ3v) is 5.72. The summed E-state index contributed by atoms with van der Waals surface area (Å²) in [6, 6.07) is 14.4. The van der Waals surface area contributed by atoms with Crippen LogP contribution in [0, 0.1) is 18.7 Å². The predicted octanol–water partition coefficient (Wildman–Crippen LogP) is 4.19. The first-order valence-electron chi connectivity index (χ1n) is 10.1. The van der Waals surface area contributed by atoms with Crippen molar-refractivity contribution in [2.45, 2.75) is 19.8 Å². The van der Waals surface area contributed by atoms with E-state index in [9.17, 15) is 14.0 Å². The maximum absolute atomic E-state index is 13.6. The van der Waals surface area contributed by atoms with E-state index in [2.05, 4.69) is 10.4 Å². The largest absolute Gasteiger partial charge is 0.355 e. The van der Waals surface area contributed by atoms with Gasteiger partial charge in [-0.2, -0.15) is 4.68 Å². The van der Waals surface area contributed by atoms with Gasteiger partial charge in [-0.1, -0.05) is 23.7 Å². The zero-order valence-electron chi connectivity index (χ0n) is 17.0. The molecule has 0 aliphatic carbocycles. The van der Waals surface area contributed by atoms with E-state index in [1.54, 1.807) is 12.1 Å². The highest BCUT2D eigenvalue weighted by Gasteiger charge is 2.26. The van der Waals surface area contributed by atoms with Gasteiger partial charge >= 0.3 is 0 Å². The van der Waals surface area contributed by atoms with Gasteiger partial charge in [-0.25, -0.2) is 4.39 Å². The van der Waals surface area contributed by atoms with Gasteiger partial charge in [-0.05, 0) is 61.7 Å². The van der Waals surface area contributed by atoms with Gasteiger partial charge in [0.1, 0.15) is 11.6 Å². The summed E-state index contributed by atoms with van der Waals surface area (Å²) in [7, 11) is 0. The Bertz CT molecular complexity index is 1170. The number of amides is 1. The summed E-state index contributed by atoms with van der Waals surface area (Å²) < 4.78 is 14.8. The van der Waals surface area contributed by atoms with Gasteiger partial charge in [-0.15, -0.1) is 5.10 Å². The van der Waals surface area contributed by atoms with Crippen LogP contribution < -0.4 is 15.8 Å². The average Bonchev–Trinajstić information content (AvgIpc) is 2.76. The molecule has 3 aromatic rings. The van der Waals surface area contributed by atoms with Gasteiger partial charge in [0.05, 0.1) is 16.4 Å². The Morgan fingerprint density at radius 3 is 2.61 bits per heavy atom. The van der Waals surface area contributed by atoms with Crippen molar-refractivity contribution in [1.29, 1.82) is 0 Å². The molecule has 1 aromatic heterocycles. The van der Waals surface area contributed by atoms with Crippen LogP contribution in [0.15, 0.2) is 59.4 Å². The maximum Gasteiger partial charge on any atom is 0.271 e. The number of carbonyl (C=O) groups is 1. The second kappa shape index (κ2) is 8.89. The number of hydrogen-bond acceptors (Lipinski definition) is 4. The van der Waals surface area contributed by atoms with Crippen molar-refractivity contribution in [1.82, 2.24) is 9.78 Å². The summed E-state index contributed by atoms with van der Waals surface area (Å²) in [5.41, 5.74) is 1.68. The van der Waals surface area contributed by atoms with E-state index in [1.807, 2.05) is 30.0 Å². The monoisotopic (exact) mass is 440 g/mol. The van der Waals surface area contributed by atoms with Gasteiger partial charge in [0, 0.05) is 25.1 Å². The molecule has 0 unspecified atom stereocenters. The van der Waals surface area contributed by atoms with E-state index in [4.69, 9.17) is 11.6 Å². The molecule has 1 aliphatic heterocycles. The highest BCUT2D eigenvalue weighted by atomic mass is 35.5. The van der Waals surface area contributed by atoms with Crippen molar-refractivity contribution in [3.8, 4) is 5.69 Å². The molecule has 6 nitrogen and oxygen atoms in total. The quantitative estimate of drug-likeness (QED) is 0.660. The topological polar surface area (TPSA) is 67.2 Å². The molecule has 160 valence electrons. The molecule has 4 rings (SSSR count). The van der Waals surface area contributed by atoms with Crippen molar-refractivity contribution in [3.05, 3.63) is 81.4 Å². The Balaban J connectivity index is 1.43. The molecule has 1 amide bonds. The van der Waals surface area contributed by atoms with Crippen LogP contribution in [0.1, 0.15) is 18.4 Å². The number of aryl methyl sites for hydroxylation is 1. The lowest BCUT2D eigenvalue weighted by Gasteiger charge is -2.32. The number of aromatic nitrogens is 2. The number of anilines is 2. The molecule has 0 atom stereocenters. The first-order chi connectivity index (χ1) is 14.9. The molecule has 2 heterocycles. The van der Waals surface area contributed by atoms with Gasteiger partial charge < -0.3 is 10.2 Å². The highest BCUT2D eigenvalue weighted by Crippen LogP contribution is 2.26. The minimum Gasteiger partial charge on any atom is -0.355 e. The fourth-order valence-corrected chi connectivity index (χ4v) is 3.97. The molecule has 2 aromatic carbocycles. The van der Waals surface area contributed by atoms with Gasteiger partial charge in [0.2, 0.25) is 5.91 Å². The summed E-state index contributed by atoms with van der Waals surface area (Å²) in [6.07, 6.45) is 1.30. The van der Waals surface area contributed by atoms with Crippen LogP contribution in [-0.2, 0) is 4.79 Å². The Morgan fingerprint density at radius 1 is 1.13 bits per heavy atom. The summed E-state index contributed by atoms with van der Waals surface area (Å²) in [6.45, 7) is 3.18. The molecular weight excluding hydrogens is 419 g/mol. The number of halogens is 2. The molecule has 1 aliphatic rings. The standard InChI is InChI=1S/C23H22ClFN4O2/c1-15-5-6-20(19(24)13-15)26-23(31)16-9-11-28(12-10-16)21-7-8-22(30)29(27-21)18-4-2-3-17(25)14-18/h2-8,13-14,16H,9-12H2,1H3,(H,26,31). The number of nitrogens with one attached hydrogen (secondary N) is 1. The van der Waals surface area contributed by atoms with Gasteiger partial charge in [0.15, 0.2) is 0 Å². The molecule has 0 radical (unpaired) electrons. The number of nitrogens with zero attached hydrogens (tertiary/aromatic N) is 3. The molecule has 0 saturated carbocycles. The number of piperidine rings is 1. The zero-order valence-corrected chi connectivity index (χ0v) is 17.8. The van der Waals surface area contributed by atoms with Crippen LogP contribution in [0.25, 0.3) is 5.69 Å². The van der Waals surface area contributed by atoms with Crippen LogP contribution in [0.4, 0.5) is 15.9 Å².